The van der Waals surface area contributed by atoms with Crippen LogP contribution in [0.4, 0.5) is 5.69 Å². The molecule has 0 unspecified atom stereocenters. The molecule has 1 aliphatic heterocycles. The van der Waals surface area contributed by atoms with E-state index in [4.69, 9.17) is 28.9 Å². The van der Waals surface area contributed by atoms with Crippen LogP contribution >= 0.6 is 23.2 Å². The Hall–Kier alpha value is -3.72. The molecule has 3 aromatic carbocycles. The number of carbonyl (C=O) groups is 1. The van der Waals surface area contributed by atoms with Crippen molar-refractivity contribution in [2.24, 2.45) is 12.8 Å². The van der Waals surface area contributed by atoms with Gasteiger partial charge in [-0.25, -0.2) is 0 Å². The van der Waals surface area contributed by atoms with Crippen LogP contribution in [0.15, 0.2) is 83.3 Å². The van der Waals surface area contributed by atoms with Gasteiger partial charge in [0.1, 0.15) is 5.82 Å². The van der Waals surface area contributed by atoms with Crippen LogP contribution in [-0.4, -0.2) is 10.4 Å². The molecule has 2 aliphatic rings. The van der Waals surface area contributed by atoms with E-state index in [1.165, 1.54) is 0 Å². The van der Waals surface area contributed by atoms with Gasteiger partial charge < -0.3 is 10.3 Å². The van der Waals surface area contributed by atoms with Crippen LogP contribution in [0.3, 0.4) is 0 Å². The van der Waals surface area contributed by atoms with Gasteiger partial charge in [-0.15, -0.1) is 0 Å². The molecule has 5 nitrogen and oxygen atoms in total. The highest BCUT2D eigenvalue weighted by molar-refractivity contribution is 6.35. The lowest BCUT2D eigenvalue weighted by molar-refractivity contribution is -0.116. The number of carbonyl (C=O) groups excluding carboxylic acids is 1. The Kier molecular flexibility index (Phi) is 5.33. The number of para-hydroxylation sites is 1. The Bertz CT molecular complexity index is 1690. The van der Waals surface area contributed by atoms with Crippen LogP contribution < -0.4 is 10.6 Å². The van der Waals surface area contributed by atoms with Gasteiger partial charge in [0.15, 0.2) is 5.78 Å². The number of benzene rings is 3. The normalized spacial score (nSPS) is 18.2. The fourth-order valence-corrected chi connectivity index (χ4v) is 6.26. The molecule has 0 amide bonds. The zero-order chi connectivity index (χ0) is 25.1. The number of hydrogen-bond donors (Lipinski definition) is 1. The van der Waals surface area contributed by atoms with Gasteiger partial charge in [-0.1, -0.05) is 47.5 Å². The first-order valence-electron chi connectivity index (χ1n) is 11.8. The summed E-state index contributed by atoms with van der Waals surface area (Å²) in [5.41, 5.74) is 12.2. The van der Waals surface area contributed by atoms with Crippen molar-refractivity contribution in [1.29, 1.82) is 5.26 Å². The summed E-state index contributed by atoms with van der Waals surface area (Å²) in [6.07, 6.45) is 1.82. The number of fused-ring (bicyclic) bond motifs is 3. The summed E-state index contributed by atoms with van der Waals surface area (Å²) in [5.74, 6) is -0.197. The largest absolute Gasteiger partial charge is 0.384 e. The van der Waals surface area contributed by atoms with Crippen LogP contribution in [0, 0.1) is 11.3 Å². The predicted molar refractivity (Wildman–Crippen MR) is 145 cm³/mol. The van der Waals surface area contributed by atoms with Crippen LogP contribution in [0.25, 0.3) is 21.8 Å². The summed E-state index contributed by atoms with van der Waals surface area (Å²) in [6.45, 7) is 0. The highest BCUT2D eigenvalue weighted by atomic mass is 35.5. The average Bonchev–Trinajstić information content (AvgIpc) is 3.14. The summed E-state index contributed by atoms with van der Waals surface area (Å²) < 4.78 is 2.16. The van der Waals surface area contributed by atoms with E-state index in [2.05, 4.69) is 34.9 Å². The lowest BCUT2D eigenvalue weighted by atomic mass is 9.75. The monoisotopic (exact) mass is 512 g/mol. The predicted octanol–water partition coefficient (Wildman–Crippen LogP) is 6.94. The molecule has 1 aromatic heterocycles. The number of halogens is 2. The fourth-order valence-electron chi connectivity index (χ4n) is 5.75. The Balaban J connectivity index is 1.61. The molecule has 0 spiro atoms. The van der Waals surface area contributed by atoms with Crippen molar-refractivity contribution in [3.8, 4) is 6.07 Å². The molecular formula is C29H22Cl2N4O. The minimum atomic E-state index is -0.535. The van der Waals surface area contributed by atoms with E-state index in [1.54, 1.807) is 23.1 Å². The smallest absolute Gasteiger partial charge is 0.161 e. The maximum atomic E-state index is 13.5. The second-order valence-corrected chi connectivity index (χ2v) is 10.2. The highest BCUT2D eigenvalue weighted by Gasteiger charge is 2.40. The van der Waals surface area contributed by atoms with E-state index < -0.39 is 5.92 Å². The number of ketones is 1. The van der Waals surface area contributed by atoms with Gasteiger partial charge in [-0.3, -0.25) is 9.69 Å². The van der Waals surface area contributed by atoms with Gasteiger partial charge in [-0.2, -0.15) is 5.26 Å². The van der Waals surface area contributed by atoms with Crippen LogP contribution in [0.1, 0.15) is 30.7 Å². The van der Waals surface area contributed by atoms with Crippen molar-refractivity contribution < 1.29 is 4.79 Å². The summed E-state index contributed by atoms with van der Waals surface area (Å²) in [6, 6.07) is 21.9. The molecule has 0 radical (unpaired) electrons. The second-order valence-electron chi connectivity index (χ2n) is 9.30. The molecule has 0 saturated carbocycles. The molecule has 36 heavy (non-hydrogen) atoms. The van der Waals surface area contributed by atoms with Crippen molar-refractivity contribution in [2.75, 3.05) is 4.90 Å². The molecular weight excluding hydrogens is 491 g/mol. The third kappa shape index (κ3) is 3.33. The van der Waals surface area contributed by atoms with E-state index in [9.17, 15) is 10.1 Å². The lowest BCUT2D eigenvalue weighted by Crippen LogP contribution is -2.38. The van der Waals surface area contributed by atoms with Gasteiger partial charge >= 0.3 is 0 Å². The zero-order valence-electron chi connectivity index (χ0n) is 19.6. The standard InChI is InChI=1S/C29H22Cl2N4O/c1-34-23-6-3-2-5-20(23)21-11-16(9-10-24(21)34)27-22(15-32)29(33)35(19-13-17(30)12-18(31)14-19)25-7-4-8-26(36)28(25)27/h2-3,5-6,9-14,27H,4,7-8,33H2,1H3/t27-/m1/s1. The number of nitrogens with zero attached hydrogens (tertiary/aromatic N) is 3. The second kappa shape index (κ2) is 8.44. The number of hydrogen-bond acceptors (Lipinski definition) is 4. The topological polar surface area (TPSA) is 75.0 Å². The maximum absolute atomic E-state index is 13.5. The summed E-state index contributed by atoms with van der Waals surface area (Å²) >= 11 is 12.6. The Morgan fingerprint density at radius 1 is 0.972 bits per heavy atom. The number of aromatic nitrogens is 1. The van der Waals surface area contributed by atoms with E-state index in [0.29, 0.717) is 52.0 Å². The van der Waals surface area contributed by atoms with Crippen molar-refractivity contribution in [3.05, 3.63) is 98.9 Å². The first-order valence-corrected chi connectivity index (χ1v) is 12.5. The molecule has 7 heteroatoms. The number of nitrogens with two attached hydrogens (primary N) is 1. The number of aryl methyl sites for hydroxylation is 1. The zero-order valence-corrected chi connectivity index (χ0v) is 21.1. The van der Waals surface area contributed by atoms with Crippen molar-refractivity contribution in [3.63, 3.8) is 0 Å². The molecule has 1 aliphatic carbocycles. The van der Waals surface area contributed by atoms with E-state index in [1.807, 2.05) is 25.2 Å². The van der Waals surface area contributed by atoms with Crippen molar-refractivity contribution in [2.45, 2.75) is 25.2 Å². The number of Topliss-reactive ketones (excluding diaryl/α,β-unsaturated/α-hetero) is 1. The number of anilines is 1. The first-order chi connectivity index (χ1) is 17.4. The lowest BCUT2D eigenvalue weighted by Gasteiger charge is -2.39. The quantitative estimate of drug-likeness (QED) is 0.315. The molecule has 2 heterocycles. The van der Waals surface area contributed by atoms with Crippen LogP contribution in [0.2, 0.25) is 10.0 Å². The number of nitriles is 1. The van der Waals surface area contributed by atoms with E-state index in [-0.39, 0.29) is 5.78 Å². The first kappa shape index (κ1) is 22.7. The Morgan fingerprint density at radius 2 is 1.69 bits per heavy atom. The van der Waals surface area contributed by atoms with Crippen molar-refractivity contribution in [1.82, 2.24) is 4.57 Å². The van der Waals surface area contributed by atoms with E-state index >= 15 is 0 Å². The van der Waals surface area contributed by atoms with Gasteiger partial charge in [0.2, 0.25) is 0 Å². The van der Waals surface area contributed by atoms with Crippen molar-refractivity contribution >= 4 is 56.5 Å². The Labute approximate surface area is 218 Å². The van der Waals surface area contributed by atoms with Crippen LogP contribution in [-0.2, 0) is 11.8 Å². The van der Waals surface area contributed by atoms with Gasteiger partial charge in [-0.05, 0) is 54.8 Å². The molecule has 1 atom stereocenters. The minimum Gasteiger partial charge on any atom is -0.384 e. The number of allylic oxidation sites excluding steroid dienone is 3. The average molecular weight is 513 g/mol. The Morgan fingerprint density at radius 3 is 2.44 bits per heavy atom. The molecule has 0 saturated heterocycles. The van der Waals surface area contributed by atoms with Crippen LogP contribution in [0.5, 0.6) is 0 Å². The van der Waals surface area contributed by atoms with Gasteiger partial charge in [0.25, 0.3) is 0 Å². The molecule has 0 bridgehead atoms. The summed E-state index contributed by atoms with van der Waals surface area (Å²) in [4.78, 5) is 15.2. The fraction of sp³-hybridized carbons (Fsp3) is 0.172. The minimum absolute atomic E-state index is 0.0395. The van der Waals surface area contributed by atoms with Gasteiger partial charge in [0.05, 0.1) is 23.2 Å². The highest BCUT2D eigenvalue weighted by Crippen LogP contribution is 2.47. The third-order valence-corrected chi connectivity index (χ3v) is 7.73. The summed E-state index contributed by atoms with van der Waals surface area (Å²) in [7, 11) is 2.04. The SMILES string of the molecule is Cn1c2ccccc2c2cc([C@@H]3C(C#N)=C(N)N(c4cc(Cl)cc(Cl)c4)C4=C3C(=O)CCC4)ccc21. The molecule has 4 aromatic rings. The summed E-state index contributed by atoms with van der Waals surface area (Å²) in [5, 5.41) is 13.4. The maximum Gasteiger partial charge on any atom is 0.161 e. The van der Waals surface area contributed by atoms with Gasteiger partial charge in [0, 0.05) is 56.6 Å². The van der Waals surface area contributed by atoms with E-state index in [0.717, 1.165) is 33.1 Å². The number of rotatable bonds is 2. The molecule has 178 valence electrons. The third-order valence-electron chi connectivity index (χ3n) is 7.29. The molecule has 0 fully saturated rings. The molecule has 2 N–H and O–H groups in total. The molecule has 6 rings (SSSR count).